The minimum atomic E-state index is 0.271. The van der Waals surface area contributed by atoms with Crippen LogP contribution < -0.4 is 0 Å². The maximum Gasteiger partial charge on any atom is 0.124 e. The lowest BCUT2D eigenvalue weighted by Crippen LogP contribution is -1.60. The van der Waals surface area contributed by atoms with Crippen molar-refractivity contribution in [1.29, 1.82) is 0 Å². The van der Waals surface area contributed by atoms with Gasteiger partial charge >= 0.3 is 0 Å². The molecule has 0 heterocycles. The molecule has 0 amide bonds. The number of hydrogen-bond donors (Lipinski definition) is 0. The van der Waals surface area contributed by atoms with Gasteiger partial charge in [-0.3, -0.25) is 0 Å². The Hall–Kier alpha value is 2.40. The van der Waals surface area contributed by atoms with Gasteiger partial charge in [0.2, 0.25) is 0 Å². The zero-order chi connectivity index (χ0) is 7.15. The standard InChI is InChI=1S/C2H4Br2.CHBr3/c1-2(3)4;2-1(3)4/h2H,1H3;1H. The Kier molecular flexibility index (Phi) is 15.3. The van der Waals surface area contributed by atoms with E-state index in [0.29, 0.717) is 3.74 Å². The zero-order valence-electron chi connectivity index (χ0n) is 4.04. The Bertz CT molecular complexity index is 23.1. The lowest BCUT2D eigenvalue weighted by Gasteiger charge is -1.73. The molecule has 0 bridgehead atoms. The molecule has 52 valence electrons. The van der Waals surface area contributed by atoms with Crippen LogP contribution in [0.15, 0.2) is 0 Å². The average Bonchev–Trinajstić information content (AvgIpc) is 1.25. The monoisotopic (exact) mass is 436 g/mol. The number of hydrogen-bond acceptors (Lipinski definition) is 0. The van der Waals surface area contributed by atoms with E-state index in [9.17, 15) is 0 Å². The highest BCUT2D eigenvalue weighted by Gasteiger charge is 1.77. The van der Waals surface area contributed by atoms with E-state index in [4.69, 9.17) is 0 Å². The molecule has 0 saturated heterocycles. The summed E-state index contributed by atoms with van der Waals surface area (Å²) in [5.74, 6) is 0. The predicted molar refractivity (Wildman–Crippen MR) is 57.9 cm³/mol. The van der Waals surface area contributed by atoms with Gasteiger partial charge in [0, 0.05) is 0 Å². The molecule has 0 aliphatic heterocycles. The Balaban J connectivity index is 0. The van der Waals surface area contributed by atoms with Gasteiger partial charge in [0.05, 0.1) is 3.74 Å². The normalized spacial score (nSPS) is 9.00. The molecule has 0 aliphatic carbocycles. The van der Waals surface area contributed by atoms with Crippen LogP contribution >= 0.6 is 79.6 Å². The number of alkyl halides is 5. The maximum absolute atomic E-state index is 3.19. The summed E-state index contributed by atoms with van der Waals surface area (Å²) in [6.07, 6.45) is 0. The minimum Gasteiger partial charge on any atom is -0.0768 e. The molecule has 0 aliphatic rings. The highest BCUT2D eigenvalue weighted by atomic mass is 80.0. The summed E-state index contributed by atoms with van der Waals surface area (Å²) < 4.78 is 0.729. The second-order valence-electron chi connectivity index (χ2n) is 0.766. The fourth-order valence-corrected chi connectivity index (χ4v) is 0. The molecule has 0 aromatic carbocycles. The van der Waals surface area contributed by atoms with Crippen molar-refractivity contribution in [3.63, 3.8) is 0 Å². The zero-order valence-corrected chi connectivity index (χ0v) is 12.0. The van der Waals surface area contributed by atoms with Crippen LogP contribution in [0.2, 0.25) is 0 Å². The van der Waals surface area contributed by atoms with E-state index in [1.807, 2.05) is 6.92 Å². The second-order valence-corrected chi connectivity index (χ2v) is 11.2. The highest BCUT2D eigenvalue weighted by molar-refractivity contribution is 9.38. The van der Waals surface area contributed by atoms with Gasteiger partial charge in [-0.2, -0.15) is 0 Å². The van der Waals surface area contributed by atoms with Crippen LogP contribution in [0.25, 0.3) is 0 Å². The molecular formula is C3H5Br5. The molecule has 0 aromatic rings. The summed E-state index contributed by atoms with van der Waals surface area (Å²) in [5.41, 5.74) is 0. The molecule has 0 fully saturated rings. The highest BCUT2D eigenvalue weighted by Crippen LogP contribution is 2.13. The summed E-state index contributed by atoms with van der Waals surface area (Å²) in [7, 11) is 0. The third-order valence-electron chi connectivity index (χ3n) is 0. The molecule has 8 heavy (non-hydrogen) atoms. The molecule has 0 aromatic heterocycles. The van der Waals surface area contributed by atoms with Crippen molar-refractivity contribution in [2.24, 2.45) is 0 Å². The first-order valence-electron chi connectivity index (χ1n) is 1.67. The quantitative estimate of drug-likeness (QED) is 0.484. The van der Waals surface area contributed by atoms with Crippen LogP contribution in [0, 0.1) is 0 Å². The van der Waals surface area contributed by atoms with Crippen LogP contribution in [-0.4, -0.2) is 6.38 Å². The average molecular weight is 441 g/mol. The van der Waals surface area contributed by atoms with Gasteiger partial charge in [-0.1, -0.05) is 79.6 Å². The van der Waals surface area contributed by atoms with Crippen molar-refractivity contribution in [2.75, 3.05) is 0 Å². The van der Waals surface area contributed by atoms with Crippen molar-refractivity contribution < 1.29 is 0 Å². The van der Waals surface area contributed by atoms with Crippen LogP contribution in [0.5, 0.6) is 0 Å². The molecule has 0 spiro atoms. The molecule has 5 heteroatoms. The van der Waals surface area contributed by atoms with E-state index in [1.165, 1.54) is 0 Å². The second kappa shape index (κ2) is 9.40. The van der Waals surface area contributed by atoms with E-state index >= 15 is 0 Å². The first-order chi connectivity index (χ1) is 3.46. The van der Waals surface area contributed by atoms with Crippen molar-refractivity contribution in [3.8, 4) is 0 Å². The van der Waals surface area contributed by atoms with Crippen LogP contribution in [-0.2, 0) is 0 Å². The van der Waals surface area contributed by atoms with Gasteiger partial charge in [0.15, 0.2) is 0 Å². The van der Waals surface area contributed by atoms with Gasteiger partial charge in [-0.05, 0) is 6.92 Å². The van der Waals surface area contributed by atoms with Crippen LogP contribution in [0.3, 0.4) is 0 Å². The fraction of sp³-hybridized carbons (Fsp3) is 1.00. The summed E-state index contributed by atoms with van der Waals surface area (Å²) in [6, 6.07) is 0. The first-order valence-corrected chi connectivity index (χ1v) is 6.25. The Morgan fingerprint density at radius 2 is 0.875 bits per heavy atom. The van der Waals surface area contributed by atoms with Gasteiger partial charge in [-0.25, -0.2) is 0 Å². The molecule has 0 N–H and O–H groups in total. The molecule has 0 unspecified atom stereocenters. The van der Waals surface area contributed by atoms with Crippen molar-refractivity contribution >= 4 is 79.6 Å². The van der Waals surface area contributed by atoms with Gasteiger partial charge < -0.3 is 0 Å². The Morgan fingerprint density at radius 1 is 0.875 bits per heavy atom. The molecule has 0 saturated carbocycles. The third-order valence-corrected chi connectivity index (χ3v) is 0. The minimum absolute atomic E-state index is 0.271. The number of halogens is 5. The first kappa shape index (κ1) is 13.0. The summed E-state index contributed by atoms with van der Waals surface area (Å²) in [5, 5.41) is 0. The lowest BCUT2D eigenvalue weighted by molar-refractivity contribution is 1.48. The van der Waals surface area contributed by atoms with E-state index in [-0.39, 0.29) is 2.65 Å². The van der Waals surface area contributed by atoms with Gasteiger partial charge in [0.25, 0.3) is 0 Å². The van der Waals surface area contributed by atoms with Crippen LogP contribution in [0.4, 0.5) is 0 Å². The Morgan fingerprint density at radius 3 is 0.875 bits per heavy atom. The van der Waals surface area contributed by atoms with E-state index < -0.39 is 0 Å². The lowest BCUT2D eigenvalue weighted by atomic mass is 11.0. The van der Waals surface area contributed by atoms with E-state index in [0.717, 1.165) is 0 Å². The summed E-state index contributed by atoms with van der Waals surface area (Å²) in [6.45, 7) is 2.00. The van der Waals surface area contributed by atoms with Gasteiger partial charge in [0.1, 0.15) is 2.65 Å². The maximum atomic E-state index is 3.19. The topological polar surface area (TPSA) is 0 Å². The summed E-state index contributed by atoms with van der Waals surface area (Å²) >= 11 is 15.7. The van der Waals surface area contributed by atoms with Crippen LogP contribution in [0.1, 0.15) is 6.92 Å². The van der Waals surface area contributed by atoms with E-state index in [2.05, 4.69) is 79.6 Å². The smallest absolute Gasteiger partial charge is 0.0768 e. The van der Waals surface area contributed by atoms with Crippen molar-refractivity contribution in [2.45, 2.75) is 13.3 Å². The summed E-state index contributed by atoms with van der Waals surface area (Å²) in [4.78, 5) is 0. The van der Waals surface area contributed by atoms with E-state index in [1.54, 1.807) is 0 Å². The molecule has 0 atom stereocenters. The molecule has 0 nitrogen and oxygen atoms in total. The third kappa shape index (κ3) is 79.9. The molecule has 0 rings (SSSR count). The SMILES string of the molecule is BrC(Br)Br.CC(Br)Br. The largest absolute Gasteiger partial charge is 0.124 e. The predicted octanol–water partition coefficient (Wildman–Crippen LogP) is 4.58. The van der Waals surface area contributed by atoms with Gasteiger partial charge in [-0.15, -0.1) is 0 Å². The fourth-order valence-electron chi connectivity index (χ4n) is 0. The molecular weight excluding hydrogens is 436 g/mol. The van der Waals surface area contributed by atoms with Crippen molar-refractivity contribution in [3.05, 3.63) is 0 Å². The Labute approximate surface area is 91.8 Å². The number of rotatable bonds is 0. The van der Waals surface area contributed by atoms with Crippen molar-refractivity contribution in [1.82, 2.24) is 0 Å². The molecule has 0 radical (unpaired) electrons.